The molecule has 0 aliphatic carbocycles. The fourth-order valence-electron chi connectivity index (χ4n) is 2.26. The van der Waals surface area contributed by atoms with Gasteiger partial charge in [0.15, 0.2) is 0 Å². The third kappa shape index (κ3) is 5.59. The number of ether oxygens (including phenoxy) is 1. The number of carbonyl (C=O) groups is 2. The third-order valence-corrected chi connectivity index (χ3v) is 3.46. The summed E-state index contributed by atoms with van der Waals surface area (Å²) in [4.78, 5) is 25.2. The molecule has 1 unspecified atom stereocenters. The second kappa shape index (κ2) is 8.91. The number of nitrogens with zero attached hydrogens (tertiary/aromatic N) is 1. The summed E-state index contributed by atoms with van der Waals surface area (Å²) in [5.74, 6) is -0.139. The van der Waals surface area contributed by atoms with E-state index in [1.54, 1.807) is 7.05 Å². The summed E-state index contributed by atoms with van der Waals surface area (Å²) >= 11 is 0. The Balaban J connectivity index is 2.31. The quantitative estimate of drug-likeness (QED) is 0.677. The SMILES string of the molecule is CCCCCCN1CCCC(OCC(=O)NC)C1=O. The second-order valence-corrected chi connectivity index (χ2v) is 5.00. The first-order valence-electron chi connectivity index (χ1n) is 7.30. The van der Waals surface area contributed by atoms with Crippen molar-refractivity contribution in [3.8, 4) is 0 Å². The predicted octanol–water partition coefficient (Wildman–Crippen LogP) is 1.32. The van der Waals surface area contributed by atoms with E-state index in [1.807, 2.05) is 4.90 Å². The molecule has 0 aromatic carbocycles. The van der Waals surface area contributed by atoms with E-state index in [-0.39, 0.29) is 18.4 Å². The van der Waals surface area contributed by atoms with E-state index >= 15 is 0 Å². The normalized spacial score (nSPS) is 19.6. The number of likely N-dealkylation sites (tertiary alicyclic amines) is 1. The van der Waals surface area contributed by atoms with Crippen LogP contribution in [0.25, 0.3) is 0 Å². The van der Waals surface area contributed by atoms with Crippen LogP contribution in [-0.2, 0) is 14.3 Å². The summed E-state index contributed by atoms with van der Waals surface area (Å²) < 4.78 is 5.40. The molecule has 0 saturated carbocycles. The molecule has 19 heavy (non-hydrogen) atoms. The van der Waals surface area contributed by atoms with Gasteiger partial charge in [0.05, 0.1) is 0 Å². The number of carbonyl (C=O) groups excluding carboxylic acids is 2. The van der Waals surface area contributed by atoms with E-state index in [0.717, 1.165) is 32.4 Å². The first-order valence-corrected chi connectivity index (χ1v) is 7.30. The van der Waals surface area contributed by atoms with Crippen molar-refractivity contribution in [2.24, 2.45) is 0 Å². The Labute approximate surface area is 115 Å². The summed E-state index contributed by atoms with van der Waals surface area (Å²) in [7, 11) is 1.56. The number of rotatable bonds is 8. The highest BCUT2D eigenvalue weighted by molar-refractivity contribution is 5.82. The van der Waals surface area contributed by atoms with Gasteiger partial charge in [0, 0.05) is 20.1 Å². The summed E-state index contributed by atoms with van der Waals surface area (Å²) in [5, 5.41) is 2.49. The van der Waals surface area contributed by atoms with Gasteiger partial charge in [0.1, 0.15) is 12.7 Å². The number of hydrogen-bond acceptors (Lipinski definition) is 3. The lowest BCUT2D eigenvalue weighted by atomic mass is 10.1. The molecule has 1 aliphatic heterocycles. The van der Waals surface area contributed by atoms with E-state index in [9.17, 15) is 9.59 Å². The molecule has 1 rings (SSSR count). The number of unbranched alkanes of at least 4 members (excludes halogenated alkanes) is 3. The molecular weight excluding hydrogens is 244 g/mol. The summed E-state index contributed by atoms with van der Waals surface area (Å²) in [5.41, 5.74) is 0. The molecule has 0 aromatic rings. The average Bonchev–Trinajstić information content (AvgIpc) is 2.43. The maximum absolute atomic E-state index is 12.2. The minimum absolute atomic E-state index is 0.0312. The summed E-state index contributed by atoms with van der Waals surface area (Å²) in [6.45, 7) is 3.79. The number of likely N-dealkylation sites (N-methyl/N-ethyl adjacent to an activating group) is 1. The van der Waals surface area contributed by atoms with Gasteiger partial charge >= 0.3 is 0 Å². The minimum Gasteiger partial charge on any atom is -0.359 e. The number of amides is 2. The monoisotopic (exact) mass is 270 g/mol. The molecule has 0 spiro atoms. The van der Waals surface area contributed by atoms with Crippen LogP contribution in [0.5, 0.6) is 0 Å². The molecular formula is C14H26N2O3. The number of piperidine rings is 1. The molecule has 2 amide bonds. The van der Waals surface area contributed by atoms with Gasteiger partial charge in [-0.3, -0.25) is 9.59 Å². The smallest absolute Gasteiger partial charge is 0.251 e. The molecule has 1 aliphatic rings. The van der Waals surface area contributed by atoms with Crippen molar-refractivity contribution >= 4 is 11.8 Å². The Bertz CT molecular complexity index is 294. The van der Waals surface area contributed by atoms with Crippen LogP contribution in [0.1, 0.15) is 45.4 Å². The largest absolute Gasteiger partial charge is 0.359 e. The lowest BCUT2D eigenvalue weighted by Gasteiger charge is -2.32. The molecule has 0 radical (unpaired) electrons. The fraction of sp³-hybridized carbons (Fsp3) is 0.857. The van der Waals surface area contributed by atoms with Crippen molar-refractivity contribution in [1.29, 1.82) is 0 Å². The molecule has 1 heterocycles. The summed E-state index contributed by atoms with van der Waals surface area (Å²) in [6, 6.07) is 0. The standard InChI is InChI=1S/C14H26N2O3/c1-3-4-5-6-9-16-10-7-8-12(14(16)18)19-11-13(17)15-2/h12H,3-11H2,1-2H3,(H,15,17). The molecule has 110 valence electrons. The van der Waals surface area contributed by atoms with Gasteiger partial charge in [-0.2, -0.15) is 0 Å². The van der Waals surface area contributed by atoms with Crippen LogP contribution in [-0.4, -0.2) is 49.6 Å². The van der Waals surface area contributed by atoms with E-state index < -0.39 is 6.10 Å². The molecule has 1 saturated heterocycles. The van der Waals surface area contributed by atoms with Crippen LogP contribution in [0.3, 0.4) is 0 Å². The average molecular weight is 270 g/mol. The van der Waals surface area contributed by atoms with Crippen molar-refractivity contribution in [3.63, 3.8) is 0 Å². The van der Waals surface area contributed by atoms with Crippen LogP contribution in [0, 0.1) is 0 Å². The molecule has 0 aromatic heterocycles. The van der Waals surface area contributed by atoms with Crippen molar-refractivity contribution in [3.05, 3.63) is 0 Å². The van der Waals surface area contributed by atoms with Crippen molar-refractivity contribution in [2.45, 2.75) is 51.6 Å². The van der Waals surface area contributed by atoms with E-state index in [0.29, 0.717) is 0 Å². The number of hydrogen-bond donors (Lipinski definition) is 1. The first kappa shape index (κ1) is 16.0. The maximum Gasteiger partial charge on any atom is 0.251 e. The Morgan fingerprint density at radius 1 is 1.42 bits per heavy atom. The highest BCUT2D eigenvalue weighted by Crippen LogP contribution is 2.15. The Kier molecular flexibility index (Phi) is 7.48. The van der Waals surface area contributed by atoms with Crippen molar-refractivity contribution < 1.29 is 14.3 Å². The fourth-order valence-corrected chi connectivity index (χ4v) is 2.26. The molecule has 5 heteroatoms. The Morgan fingerprint density at radius 3 is 2.89 bits per heavy atom. The van der Waals surface area contributed by atoms with Crippen molar-refractivity contribution in [2.75, 3.05) is 26.7 Å². The zero-order valence-electron chi connectivity index (χ0n) is 12.1. The Hall–Kier alpha value is -1.10. The van der Waals surface area contributed by atoms with Gasteiger partial charge in [-0.15, -0.1) is 0 Å². The van der Waals surface area contributed by atoms with Crippen LogP contribution in [0.4, 0.5) is 0 Å². The van der Waals surface area contributed by atoms with Gasteiger partial charge in [-0.25, -0.2) is 0 Å². The molecule has 0 bridgehead atoms. The highest BCUT2D eigenvalue weighted by Gasteiger charge is 2.29. The van der Waals surface area contributed by atoms with Crippen LogP contribution < -0.4 is 5.32 Å². The zero-order chi connectivity index (χ0) is 14.1. The van der Waals surface area contributed by atoms with Crippen LogP contribution in [0.15, 0.2) is 0 Å². The molecule has 1 fully saturated rings. The maximum atomic E-state index is 12.2. The lowest BCUT2D eigenvalue weighted by molar-refractivity contribution is -0.150. The summed E-state index contributed by atoms with van der Waals surface area (Å²) in [6.07, 6.45) is 5.90. The molecule has 1 atom stereocenters. The van der Waals surface area contributed by atoms with Gasteiger partial charge < -0.3 is 15.0 Å². The third-order valence-electron chi connectivity index (χ3n) is 3.46. The Morgan fingerprint density at radius 2 is 2.21 bits per heavy atom. The minimum atomic E-state index is -0.433. The van der Waals surface area contributed by atoms with E-state index in [2.05, 4.69) is 12.2 Å². The van der Waals surface area contributed by atoms with Crippen LogP contribution in [0.2, 0.25) is 0 Å². The number of nitrogens with one attached hydrogen (secondary N) is 1. The van der Waals surface area contributed by atoms with Crippen LogP contribution >= 0.6 is 0 Å². The van der Waals surface area contributed by atoms with Gasteiger partial charge in [-0.05, 0) is 19.3 Å². The van der Waals surface area contributed by atoms with E-state index in [1.165, 1.54) is 19.3 Å². The molecule has 5 nitrogen and oxygen atoms in total. The predicted molar refractivity (Wildman–Crippen MR) is 73.8 cm³/mol. The van der Waals surface area contributed by atoms with Gasteiger partial charge in [0.2, 0.25) is 5.91 Å². The first-order chi connectivity index (χ1) is 9.19. The second-order valence-electron chi connectivity index (χ2n) is 5.00. The van der Waals surface area contributed by atoms with Crippen molar-refractivity contribution in [1.82, 2.24) is 10.2 Å². The molecule has 1 N–H and O–H groups in total. The van der Waals surface area contributed by atoms with E-state index in [4.69, 9.17) is 4.74 Å². The highest BCUT2D eigenvalue weighted by atomic mass is 16.5. The van der Waals surface area contributed by atoms with Gasteiger partial charge in [-0.1, -0.05) is 26.2 Å². The topological polar surface area (TPSA) is 58.6 Å². The lowest BCUT2D eigenvalue weighted by Crippen LogP contribution is -2.46. The zero-order valence-corrected chi connectivity index (χ0v) is 12.1. The van der Waals surface area contributed by atoms with Gasteiger partial charge in [0.25, 0.3) is 5.91 Å².